The van der Waals surface area contributed by atoms with Gasteiger partial charge in [0.2, 0.25) is 0 Å². The van der Waals surface area contributed by atoms with Crippen molar-refractivity contribution in [3.05, 3.63) is 48.0 Å². The second kappa shape index (κ2) is 7.17. The van der Waals surface area contributed by atoms with Crippen molar-refractivity contribution in [2.75, 3.05) is 13.7 Å². The largest absolute Gasteiger partial charge is 0.504 e. The summed E-state index contributed by atoms with van der Waals surface area (Å²) in [5.41, 5.74) is -0.00511. The molecule has 0 unspecified atom stereocenters. The van der Waals surface area contributed by atoms with Crippen molar-refractivity contribution in [3.8, 4) is 23.0 Å². The van der Waals surface area contributed by atoms with Gasteiger partial charge in [0.05, 0.1) is 12.7 Å². The first-order valence-electron chi connectivity index (χ1n) is 6.53. The van der Waals surface area contributed by atoms with Crippen LogP contribution in [0.1, 0.15) is 10.4 Å². The van der Waals surface area contributed by atoms with Crippen LogP contribution in [0.3, 0.4) is 0 Å². The molecule has 0 aliphatic rings. The molecule has 7 heteroatoms. The zero-order chi connectivity index (χ0) is 16.8. The molecule has 0 heterocycles. The predicted octanol–water partition coefficient (Wildman–Crippen LogP) is 1.87. The van der Waals surface area contributed by atoms with E-state index in [1.807, 2.05) is 0 Å². The third-order valence-electron chi connectivity index (χ3n) is 2.81. The van der Waals surface area contributed by atoms with E-state index >= 15 is 0 Å². The number of rotatable bonds is 5. The molecule has 0 amide bonds. The van der Waals surface area contributed by atoms with E-state index in [0.717, 1.165) is 12.1 Å². The Morgan fingerprint density at radius 3 is 2.43 bits per heavy atom. The minimum absolute atomic E-state index is 0.00511. The lowest BCUT2D eigenvalue weighted by atomic mass is 10.2. The molecule has 0 atom stereocenters. The Hall–Kier alpha value is -3.22. The van der Waals surface area contributed by atoms with Crippen molar-refractivity contribution in [2.45, 2.75) is 0 Å². The fraction of sp³-hybridized carbons (Fsp3) is 0.125. The molecule has 2 N–H and O–H groups in total. The third kappa shape index (κ3) is 4.37. The Morgan fingerprint density at radius 2 is 1.74 bits per heavy atom. The van der Waals surface area contributed by atoms with Gasteiger partial charge in [-0.15, -0.1) is 0 Å². The summed E-state index contributed by atoms with van der Waals surface area (Å²) in [5, 5.41) is 18.5. The van der Waals surface area contributed by atoms with Gasteiger partial charge < -0.3 is 24.4 Å². The monoisotopic (exact) mass is 318 g/mol. The van der Waals surface area contributed by atoms with Gasteiger partial charge in [-0.1, -0.05) is 6.07 Å². The van der Waals surface area contributed by atoms with Crippen LogP contribution in [0.25, 0.3) is 0 Å². The van der Waals surface area contributed by atoms with E-state index < -0.39 is 24.3 Å². The summed E-state index contributed by atoms with van der Waals surface area (Å²) >= 11 is 0. The Kier molecular flexibility index (Phi) is 5.03. The number of phenols is 2. The molecule has 2 aromatic rings. The Bertz CT molecular complexity index is 724. The maximum Gasteiger partial charge on any atom is 0.349 e. The number of methoxy groups -OCH3 is 1. The van der Waals surface area contributed by atoms with E-state index in [4.69, 9.17) is 19.3 Å². The smallest absolute Gasteiger partial charge is 0.349 e. The van der Waals surface area contributed by atoms with Gasteiger partial charge in [-0.3, -0.25) is 0 Å². The molecular formula is C16H14O7. The van der Waals surface area contributed by atoms with Gasteiger partial charge in [0, 0.05) is 6.07 Å². The van der Waals surface area contributed by atoms with Crippen molar-refractivity contribution in [2.24, 2.45) is 0 Å². The molecular weight excluding hydrogens is 304 g/mol. The predicted molar refractivity (Wildman–Crippen MR) is 78.7 cm³/mol. The first-order chi connectivity index (χ1) is 11.0. The van der Waals surface area contributed by atoms with Gasteiger partial charge in [-0.25, -0.2) is 9.59 Å². The van der Waals surface area contributed by atoms with Gasteiger partial charge >= 0.3 is 11.9 Å². The van der Waals surface area contributed by atoms with Crippen LogP contribution in [-0.4, -0.2) is 35.9 Å². The fourth-order valence-electron chi connectivity index (χ4n) is 1.68. The Balaban J connectivity index is 1.90. The van der Waals surface area contributed by atoms with Crippen LogP contribution < -0.4 is 9.47 Å². The molecule has 0 aliphatic carbocycles. The van der Waals surface area contributed by atoms with Crippen molar-refractivity contribution < 1.29 is 34.0 Å². The molecule has 0 aromatic heterocycles. The second-order valence-electron chi connectivity index (χ2n) is 4.43. The number of ether oxygens (including phenoxy) is 3. The normalized spacial score (nSPS) is 9.96. The Morgan fingerprint density at radius 1 is 1.00 bits per heavy atom. The highest BCUT2D eigenvalue weighted by Gasteiger charge is 2.13. The molecule has 7 nitrogen and oxygen atoms in total. The van der Waals surface area contributed by atoms with Crippen LogP contribution in [0, 0.1) is 0 Å². The number of hydrogen-bond acceptors (Lipinski definition) is 7. The number of benzene rings is 2. The number of phenolic OH excluding ortho intramolecular Hbond substituents is 2. The molecule has 23 heavy (non-hydrogen) atoms. The number of aromatic hydroxyl groups is 2. The second-order valence-corrected chi connectivity index (χ2v) is 4.43. The van der Waals surface area contributed by atoms with Crippen molar-refractivity contribution in [1.29, 1.82) is 0 Å². The molecule has 0 radical (unpaired) electrons. The molecule has 0 bridgehead atoms. The zero-order valence-corrected chi connectivity index (χ0v) is 12.2. The molecule has 0 spiro atoms. The van der Waals surface area contributed by atoms with E-state index in [9.17, 15) is 14.7 Å². The maximum absolute atomic E-state index is 11.7. The van der Waals surface area contributed by atoms with Crippen molar-refractivity contribution in [1.82, 2.24) is 0 Å². The van der Waals surface area contributed by atoms with Crippen LogP contribution in [0.15, 0.2) is 42.5 Å². The van der Waals surface area contributed by atoms with E-state index in [2.05, 4.69) is 0 Å². The number of esters is 2. The van der Waals surface area contributed by atoms with Crippen LogP contribution in [-0.2, 0) is 9.53 Å². The van der Waals surface area contributed by atoms with Crippen LogP contribution >= 0.6 is 0 Å². The molecule has 0 saturated carbocycles. The average molecular weight is 318 g/mol. The molecule has 0 saturated heterocycles. The highest BCUT2D eigenvalue weighted by Crippen LogP contribution is 2.25. The number of carbonyl (C=O) groups excluding carboxylic acids is 2. The van der Waals surface area contributed by atoms with Crippen LogP contribution in [0.2, 0.25) is 0 Å². The van der Waals surface area contributed by atoms with Gasteiger partial charge in [0.15, 0.2) is 18.1 Å². The zero-order valence-electron chi connectivity index (χ0n) is 12.2. The quantitative estimate of drug-likeness (QED) is 0.493. The summed E-state index contributed by atoms with van der Waals surface area (Å²) in [5.74, 6) is -1.64. The summed E-state index contributed by atoms with van der Waals surface area (Å²) in [6.07, 6.45) is 0. The van der Waals surface area contributed by atoms with E-state index in [1.165, 1.54) is 19.2 Å². The Labute approximate surface area is 131 Å². The number of carbonyl (C=O) groups is 2. The topological polar surface area (TPSA) is 102 Å². The molecule has 0 aliphatic heterocycles. The first kappa shape index (κ1) is 16.2. The van der Waals surface area contributed by atoms with E-state index in [1.54, 1.807) is 18.2 Å². The van der Waals surface area contributed by atoms with Crippen molar-refractivity contribution in [3.63, 3.8) is 0 Å². The van der Waals surface area contributed by atoms with Crippen LogP contribution in [0.5, 0.6) is 23.0 Å². The molecule has 120 valence electrons. The van der Waals surface area contributed by atoms with Gasteiger partial charge in [-0.05, 0) is 30.3 Å². The number of hydrogen-bond donors (Lipinski definition) is 2. The maximum atomic E-state index is 11.7. The third-order valence-corrected chi connectivity index (χ3v) is 2.81. The van der Waals surface area contributed by atoms with E-state index in [0.29, 0.717) is 5.75 Å². The fourth-order valence-corrected chi connectivity index (χ4v) is 1.68. The summed E-state index contributed by atoms with van der Waals surface area (Å²) in [6, 6.07) is 9.83. The highest BCUT2D eigenvalue weighted by molar-refractivity contribution is 5.91. The first-order valence-corrected chi connectivity index (χ1v) is 6.53. The molecule has 0 fully saturated rings. The lowest BCUT2D eigenvalue weighted by molar-refractivity contribution is -0.137. The van der Waals surface area contributed by atoms with E-state index in [-0.39, 0.29) is 17.1 Å². The standard InChI is InChI=1S/C16H14O7/c1-21-11-3-2-4-12(8-11)23-15(19)9-22-16(20)10-5-6-13(17)14(18)7-10/h2-8,17-18H,9H2,1H3. The summed E-state index contributed by atoms with van der Waals surface area (Å²) in [7, 11) is 1.48. The summed E-state index contributed by atoms with van der Waals surface area (Å²) < 4.78 is 14.8. The lowest BCUT2D eigenvalue weighted by Gasteiger charge is -2.07. The lowest BCUT2D eigenvalue weighted by Crippen LogP contribution is -2.18. The minimum Gasteiger partial charge on any atom is -0.504 e. The van der Waals surface area contributed by atoms with Crippen LogP contribution in [0.4, 0.5) is 0 Å². The summed E-state index contributed by atoms with van der Waals surface area (Å²) in [6.45, 7) is -0.600. The highest BCUT2D eigenvalue weighted by atomic mass is 16.6. The van der Waals surface area contributed by atoms with Crippen molar-refractivity contribution >= 4 is 11.9 Å². The summed E-state index contributed by atoms with van der Waals surface area (Å²) in [4.78, 5) is 23.4. The van der Waals surface area contributed by atoms with Gasteiger partial charge in [0.25, 0.3) is 0 Å². The average Bonchev–Trinajstić information content (AvgIpc) is 2.55. The van der Waals surface area contributed by atoms with Gasteiger partial charge in [0.1, 0.15) is 11.5 Å². The SMILES string of the molecule is COc1cccc(OC(=O)COC(=O)c2ccc(O)c(O)c2)c1. The van der Waals surface area contributed by atoms with Gasteiger partial charge in [-0.2, -0.15) is 0 Å². The molecule has 2 rings (SSSR count). The minimum atomic E-state index is -0.831. The molecule has 2 aromatic carbocycles.